The standard InChI is InChI=1S/C17H15Cl2NO3/c1-2-10-4-3-5-12(7-6-10)20-16(21)15-13(18)8-11(17(22)23)9-14(15)19/h3-10H,2H2,1H3,(H,20,21)(H,22,23). The quantitative estimate of drug-likeness (QED) is 0.841. The van der Waals surface area contributed by atoms with E-state index < -0.39 is 11.9 Å². The summed E-state index contributed by atoms with van der Waals surface area (Å²) < 4.78 is 0. The highest BCUT2D eigenvalue weighted by molar-refractivity contribution is 6.40. The first-order chi connectivity index (χ1) is 10.9. The minimum atomic E-state index is -1.16. The number of benzene rings is 1. The van der Waals surface area contributed by atoms with E-state index in [1.807, 2.05) is 24.3 Å². The Kier molecular flexibility index (Phi) is 5.64. The molecule has 23 heavy (non-hydrogen) atoms. The van der Waals surface area contributed by atoms with Crippen LogP contribution in [0.3, 0.4) is 0 Å². The highest BCUT2D eigenvalue weighted by atomic mass is 35.5. The predicted molar refractivity (Wildman–Crippen MR) is 91.0 cm³/mol. The van der Waals surface area contributed by atoms with Gasteiger partial charge in [0.05, 0.1) is 21.2 Å². The molecule has 2 rings (SSSR count). The van der Waals surface area contributed by atoms with Crippen molar-refractivity contribution in [2.24, 2.45) is 5.92 Å². The number of hydrogen-bond donors (Lipinski definition) is 2. The summed E-state index contributed by atoms with van der Waals surface area (Å²) in [7, 11) is 0. The van der Waals surface area contributed by atoms with E-state index in [4.69, 9.17) is 28.3 Å². The maximum atomic E-state index is 12.4. The van der Waals surface area contributed by atoms with Gasteiger partial charge in [-0.25, -0.2) is 4.79 Å². The van der Waals surface area contributed by atoms with Gasteiger partial charge in [0.1, 0.15) is 0 Å². The van der Waals surface area contributed by atoms with Crippen LogP contribution < -0.4 is 5.32 Å². The molecule has 0 saturated carbocycles. The number of carbonyl (C=O) groups is 2. The van der Waals surface area contributed by atoms with Crippen LogP contribution in [0.4, 0.5) is 0 Å². The molecule has 0 aromatic heterocycles. The molecule has 0 saturated heterocycles. The zero-order chi connectivity index (χ0) is 17.0. The number of carbonyl (C=O) groups excluding carboxylic acids is 1. The molecule has 6 heteroatoms. The first-order valence-corrected chi connectivity index (χ1v) is 7.78. The predicted octanol–water partition coefficient (Wildman–Crippen LogP) is 4.46. The maximum Gasteiger partial charge on any atom is 0.335 e. The minimum absolute atomic E-state index is 0.00687. The van der Waals surface area contributed by atoms with Crippen LogP contribution >= 0.6 is 23.2 Å². The number of nitrogens with one attached hydrogen (secondary N) is 1. The number of allylic oxidation sites excluding steroid dienone is 5. The number of hydrogen-bond acceptors (Lipinski definition) is 2. The van der Waals surface area contributed by atoms with Gasteiger partial charge in [0, 0.05) is 5.70 Å². The minimum Gasteiger partial charge on any atom is -0.478 e. The molecule has 0 heterocycles. The average Bonchev–Trinajstić information content (AvgIpc) is 2.71. The Labute approximate surface area is 144 Å². The number of aromatic carboxylic acids is 1. The summed E-state index contributed by atoms with van der Waals surface area (Å²) in [6.45, 7) is 2.08. The Morgan fingerprint density at radius 1 is 1.22 bits per heavy atom. The van der Waals surface area contributed by atoms with Crippen LogP contribution in [0.1, 0.15) is 34.1 Å². The Bertz CT molecular complexity index is 712. The molecule has 1 aromatic carbocycles. The van der Waals surface area contributed by atoms with Crippen molar-refractivity contribution >= 4 is 35.1 Å². The normalized spacial score (nSPS) is 16.7. The SMILES string of the molecule is CCC1C=CC=C(NC(=O)c2c(Cl)cc(C(=O)O)cc2Cl)C=C1. The van der Waals surface area contributed by atoms with Crippen LogP contribution in [0.15, 0.2) is 48.2 Å². The molecular formula is C17H15Cl2NO3. The molecular weight excluding hydrogens is 337 g/mol. The molecule has 0 aliphatic heterocycles. The Morgan fingerprint density at radius 3 is 2.43 bits per heavy atom. The number of rotatable bonds is 4. The van der Waals surface area contributed by atoms with E-state index in [1.165, 1.54) is 12.1 Å². The molecule has 4 nitrogen and oxygen atoms in total. The summed E-state index contributed by atoms with van der Waals surface area (Å²) in [6.07, 6.45) is 10.5. The molecule has 2 N–H and O–H groups in total. The third-order valence-corrected chi connectivity index (χ3v) is 4.00. The van der Waals surface area contributed by atoms with Gasteiger partial charge < -0.3 is 10.4 Å². The molecule has 0 radical (unpaired) electrons. The lowest BCUT2D eigenvalue weighted by Gasteiger charge is -2.10. The van der Waals surface area contributed by atoms with E-state index in [-0.39, 0.29) is 21.2 Å². The lowest BCUT2D eigenvalue weighted by Crippen LogP contribution is -2.22. The van der Waals surface area contributed by atoms with Gasteiger partial charge in [-0.2, -0.15) is 0 Å². The molecule has 1 atom stereocenters. The van der Waals surface area contributed by atoms with E-state index in [2.05, 4.69) is 12.2 Å². The van der Waals surface area contributed by atoms with Crippen LogP contribution in [-0.2, 0) is 0 Å². The number of carboxylic acid groups (broad SMARTS) is 1. The Balaban J connectivity index is 2.24. The van der Waals surface area contributed by atoms with Crippen molar-refractivity contribution in [1.82, 2.24) is 5.32 Å². The van der Waals surface area contributed by atoms with Crippen molar-refractivity contribution in [3.05, 3.63) is 69.4 Å². The van der Waals surface area contributed by atoms with Crippen LogP contribution in [0.25, 0.3) is 0 Å². The molecule has 1 aliphatic rings. The fourth-order valence-corrected chi connectivity index (χ4v) is 2.77. The second-order valence-electron chi connectivity index (χ2n) is 5.01. The molecule has 1 amide bonds. The van der Waals surface area contributed by atoms with E-state index in [9.17, 15) is 9.59 Å². The van der Waals surface area contributed by atoms with E-state index in [0.29, 0.717) is 11.6 Å². The van der Waals surface area contributed by atoms with Gasteiger partial charge in [-0.3, -0.25) is 4.79 Å². The van der Waals surface area contributed by atoms with Crippen molar-refractivity contribution in [3.63, 3.8) is 0 Å². The van der Waals surface area contributed by atoms with Crippen LogP contribution in [-0.4, -0.2) is 17.0 Å². The highest BCUT2D eigenvalue weighted by Gasteiger charge is 2.18. The number of halogens is 2. The summed E-state index contributed by atoms with van der Waals surface area (Å²) in [4.78, 5) is 23.3. The molecule has 0 fully saturated rings. The summed E-state index contributed by atoms with van der Waals surface area (Å²) >= 11 is 12.0. The first kappa shape index (κ1) is 17.3. The number of carboxylic acids is 1. The van der Waals surface area contributed by atoms with Crippen molar-refractivity contribution in [1.29, 1.82) is 0 Å². The zero-order valence-electron chi connectivity index (χ0n) is 12.3. The van der Waals surface area contributed by atoms with Gasteiger partial charge in [0.2, 0.25) is 0 Å². The van der Waals surface area contributed by atoms with Gasteiger partial charge in [-0.1, -0.05) is 48.4 Å². The Hall–Kier alpha value is -2.04. The molecule has 120 valence electrons. The van der Waals surface area contributed by atoms with Gasteiger partial charge in [0.25, 0.3) is 5.91 Å². The van der Waals surface area contributed by atoms with E-state index in [1.54, 1.807) is 6.08 Å². The van der Waals surface area contributed by atoms with Gasteiger partial charge in [-0.15, -0.1) is 0 Å². The molecule has 0 spiro atoms. The van der Waals surface area contributed by atoms with Gasteiger partial charge >= 0.3 is 5.97 Å². The fourth-order valence-electron chi connectivity index (χ4n) is 2.11. The van der Waals surface area contributed by atoms with Gasteiger partial charge in [0.15, 0.2) is 0 Å². The first-order valence-electron chi connectivity index (χ1n) is 7.02. The Morgan fingerprint density at radius 2 is 1.87 bits per heavy atom. The average molecular weight is 352 g/mol. The third-order valence-electron chi connectivity index (χ3n) is 3.40. The summed E-state index contributed by atoms with van der Waals surface area (Å²) in [5, 5.41) is 11.7. The molecule has 1 aliphatic carbocycles. The van der Waals surface area contributed by atoms with Crippen molar-refractivity contribution in [2.45, 2.75) is 13.3 Å². The molecule has 1 aromatic rings. The number of amides is 1. The second kappa shape index (κ2) is 7.49. The second-order valence-corrected chi connectivity index (χ2v) is 5.83. The summed E-state index contributed by atoms with van der Waals surface area (Å²) in [5.41, 5.74) is 0.586. The molecule has 0 bridgehead atoms. The van der Waals surface area contributed by atoms with Crippen LogP contribution in [0.5, 0.6) is 0 Å². The summed E-state index contributed by atoms with van der Waals surface area (Å²) in [5.74, 6) is -1.33. The fraction of sp³-hybridized carbons (Fsp3) is 0.176. The maximum absolute atomic E-state index is 12.4. The van der Waals surface area contributed by atoms with Crippen molar-refractivity contribution in [3.8, 4) is 0 Å². The van der Waals surface area contributed by atoms with Crippen LogP contribution in [0.2, 0.25) is 10.0 Å². The van der Waals surface area contributed by atoms with Crippen molar-refractivity contribution in [2.75, 3.05) is 0 Å². The van der Waals surface area contributed by atoms with E-state index in [0.717, 1.165) is 6.42 Å². The smallest absolute Gasteiger partial charge is 0.335 e. The monoisotopic (exact) mass is 351 g/mol. The topological polar surface area (TPSA) is 66.4 Å². The highest BCUT2D eigenvalue weighted by Crippen LogP contribution is 2.27. The lowest BCUT2D eigenvalue weighted by molar-refractivity contribution is 0.0696. The summed E-state index contributed by atoms with van der Waals surface area (Å²) in [6, 6.07) is 2.41. The van der Waals surface area contributed by atoms with Gasteiger partial charge in [-0.05, 0) is 36.6 Å². The molecule has 1 unspecified atom stereocenters. The van der Waals surface area contributed by atoms with Crippen molar-refractivity contribution < 1.29 is 14.7 Å². The van der Waals surface area contributed by atoms with E-state index >= 15 is 0 Å². The third kappa shape index (κ3) is 4.24. The zero-order valence-corrected chi connectivity index (χ0v) is 13.9. The largest absolute Gasteiger partial charge is 0.478 e. The van der Waals surface area contributed by atoms with Crippen LogP contribution in [0, 0.1) is 5.92 Å². The lowest BCUT2D eigenvalue weighted by atomic mass is 10.1.